The van der Waals surface area contributed by atoms with Gasteiger partial charge in [-0.25, -0.2) is 0 Å². The number of nitrogens with zero attached hydrogens (tertiary/aromatic N) is 4. The number of nitro groups is 1. The van der Waals surface area contributed by atoms with Gasteiger partial charge in [-0.15, -0.1) is 12.4 Å². The number of carbonyl (C=O) groups excluding carboxylic acids is 1. The highest BCUT2D eigenvalue weighted by Gasteiger charge is 2.24. The van der Waals surface area contributed by atoms with Crippen LogP contribution in [0, 0.1) is 10.1 Å². The Labute approximate surface area is 116 Å². The predicted octanol–water partition coefficient (Wildman–Crippen LogP) is 0.0334. The van der Waals surface area contributed by atoms with Crippen molar-refractivity contribution in [3.05, 3.63) is 22.4 Å². The van der Waals surface area contributed by atoms with E-state index in [4.69, 9.17) is 0 Å². The second kappa shape index (κ2) is 6.48. The summed E-state index contributed by atoms with van der Waals surface area (Å²) in [6.45, 7) is 1.73. The molecule has 9 heteroatoms. The number of aromatic nitrogens is 2. The van der Waals surface area contributed by atoms with Crippen LogP contribution in [0.1, 0.15) is 6.42 Å². The Morgan fingerprint density at radius 2 is 2.47 bits per heavy atom. The second-order valence-corrected chi connectivity index (χ2v) is 4.28. The Morgan fingerprint density at radius 3 is 3.00 bits per heavy atom. The van der Waals surface area contributed by atoms with Crippen LogP contribution in [-0.4, -0.2) is 51.7 Å². The molecule has 2 heterocycles. The molecule has 1 atom stereocenters. The molecule has 0 spiro atoms. The molecule has 1 N–H and O–H groups in total. The summed E-state index contributed by atoms with van der Waals surface area (Å²) >= 11 is 0. The molecule has 1 aliphatic heterocycles. The number of hydrogen-bond acceptors (Lipinski definition) is 5. The minimum atomic E-state index is -0.578. The first-order valence-electron chi connectivity index (χ1n) is 5.72. The number of rotatable bonds is 4. The van der Waals surface area contributed by atoms with Gasteiger partial charge in [0.1, 0.15) is 6.54 Å². The molecule has 1 saturated heterocycles. The lowest BCUT2D eigenvalue weighted by atomic mass is 10.2. The van der Waals surface area contributed by atoms with Crippen molar-refractivity contribution < 1.29 is 9.72 Å². The molecule has 8 nitrogen and oxygen atoms in total. The first-order valence-corrected chi connectivity index (χ1v) is 5.72. The number of halogens is 1. The maximum Gasteiger partial charge on any atom is 0.389 e. The highest BCUT2D eigenvalue weighted by atomic mass is 35.5. The van der Waals surface area contributed by atoms with Gasteiger partial charge in [0.25, 0.3) is 0 Å². The van der Waals surface area contributed by atoms with Gasteiger partial charge in [0.2, 0.25) is 5.91 Å². The summed E-state index contributed by atoms with van der Waals surface area (Å²) < 4.78 is 1.29. The van der Waals surface area contributed by atoms with E-state index >= 15 is 0 Å². The lowest BCUT2D eigenvalue weighted by molar-refractivity contribution is -0.389. The normalized spacial score (nSPS) is 17.8. The van der Waals surface area contributed by atoms with Crippen LogP contribution in [0.5, 0.6) is 0 Å². The summed E-state index contributed by atoms with van der Waals surface area (Å²) in [5, 5.41) is 17.4. The van der Waals surface area contributed by atoms with E-state index in [9.17, 15) is 14.9 Å². The molecule has 1 aromatic rings. The Morgan fingerprint density at radius 1 is 1.74 bits per heavy atom. The lowest BCUT2D eigenvalue weighted by Crippen LogP contribution is -2.40. The summed E-state index contributed by atoms with van der Waals surface area (Å²) in [7, 11) is 1.75. The fraction of sp³-hybridized carbons (Fsp3) is 0.600. The molecule has 1 unspecified atom stereocenters. The van der Waals surface area contributed by atoms with Crippen LogP contribution in [0.15, 0.2) is 12.3 Å². The van der Waals surface area contributed by atoms with Crippen LogP contribution < -0.4 is 5.32 Å². The largest absolute Gasteiger partial charge is 0.389 e. The van der Waals surface area contributed by atoms with Crippen LogP contribution in [0.25, 0.3) is 0 Å². The van der Waals surface area contributed by atoms with Gasteiger partial charge in [-0.3, -0.25) is 4.79 Å². The SMILES string of the molecule is CN(C(=O)Cn1ccc([N+](=O)[O-])n1)C1CCNC1.Cl. The third kappa shape index (κ3) is 3.65. The molecule has 1 amide bonds. The quantitative estimate of drug-likeness (QED) is 0.624. The van der Waals surface area contributed by atoms with Crippen molar-refractivity contribution in [2.24, 2.45) is 0 Å². The maximum absolute atomic E-state index is 11.9. The van der Waals surface area contributed by atoms with E-state index in [1.807, 2.05) is 0 Å². The predicted molar refractivity (Wildman–Crippen MR) is 70.2 cm³/mol. The van der Waals surface area contributed by atoms with Crippen molar-refractivity contribution in [1.29, 1.82) is 0 Å². The van der Waals surface area contributed by atoms with E-state index in [-0.39, 0.29) is 36.7 Å². The summed E-state index contributed by atoms with van der Waals surface area (Å²) in [5.41, 5.74) is 0. The Bertz CT molecular complexity index is 458. The molecule has 106 valence electrons. The standard InChI is InChI=1S/C10H15N5O3.ClH/c1-13(8-2-4-11-6-8)10(16)7-14-5-3-9(12-14)15(17)18;/h3,5,8,11H,2,4,6-7H2,1H3;1H. The van der Waals surface area contributed by atoms with Crippen LogP contribution >= 0.6 is 12.4 Å². The van der Waals surface area contributed by atoms with Gasteiger partial charge >= 0.3 is 5.82 Å². The van der Waals surface area contributed by atoms with E-state index in [0.717, 1.165) is 19.5 Å². The molecule has 0 saturated carbocycles. The van der Waals surface area contributed by atoms with Gasteiger partial charge in [0.05, 0.1) is 17.4 Å². The van der Waals surface area contributed by atoms with E-state index in [1.54, 1.807) is 11.9 Å². The summed E-state index contributed by atoms with van der Waals surface area (Å²) in [6.07, 6.45) is 2.37. The van der Waals surface area contributed by atoms with Gasteiger partial charge in [0, 0.05) is 19.6 Å². The molecular formula is C10H16ClN5O3. The van der Waals surface area contributed by atoms with Crippen LogP contribution in [0.2, 0.25) is 0 Å². The molecular weight excluding hydrogens is 274 g/mol. The van der Waals surface area contributed by atoms with Gasteiger partial charge in [-0.1, -0.05) is 0 Å². The average Bonchev–Trinajstić information content (AvgIpc) is 2.98. The van der Waals surface area contributed by atoms with E-state index < -0.39 is 4.92 Å². The van der Waals surface area contributed by atoms with Gasteiger partial charge in [-0.2, -0.15) is 4.68 Å². The zero-order chi connectivity index (χ0) is 13.1. The monoisotopic (exact) mass is 289 g/mol. The maximum atomic E-state index is 11.9. The number of nitrogens with one attached hydrogen (secondary N) is 1. The highest BCUT2D eigenvalue weighted by Crippen LogP contribution is 2.09. The summed E-state index contributed by atoms with van der Waals surface area (Å²) in [6, 6.07) is 1.48. The topological polar surface area (TPSA) is 93.3 Å². The van der Waals surface area contributed by atoms with Crippen LogP contribution in [-0.2, 0) is 11.3 Å². The molecule has 2 rings (SSSR count). The van der Waals surface area contributed by atoms with E-state index in [1.165, 1.54) is 16.9 Å². The van der Waals surface area contributed by atoms with E-state index in [0.29, 0.717) is 0 Å². The van der Waals surface area contributed by atoms with Crippen molar-refractivity contribution in [3.8, 4) is 0 Å². The smallest absolute Gasteiger partial charge is 0.358 e. The minimum Gasteiger partial charge on any atom is -0.358 e. The third-order valence-corrected chi connectivity index (χ3v) is 3.09. The molecule has 0 aliphatic carbocycles. The lowest BCUT2D eigenvalue weighted by Gasteiger charge is -2.23. The zero-order valence-corrected chi connectivity index (χ0v) is 11.3. The molecule has 1 fully saturated rings. The number of carbonyl (C=O) groups is 1. The molecule has 19 heavy (non-hydrogen) atoms. The Balaban J connectivity index is 0.00000180. The molecule has 0 bridgehead atoms. The molecule has 0 aromatic carbocycles. The summed E-state index contributed by atoms with van der Waals surface area (Å²) in [5.74, 6) is -0.338. The second-order valence-electron chi connectivity index (χ2n) is 4.28. The fourth-order valence-electron chi connectivity index (χ4n) is 1.96. The van der Waals surface area contributed by atoms with Crippen LogP contribution in [0.4, 0.5) is 5.82 Å². The van der Waals surface area contributed by atoms with Crippen LogP contribution in [0.3, 0.4) is 0 Å². The van der Waals surface area contributed by atoms with Crippen molar-refractivity contribution in [2.45, 2.75) is 19.0 Å². The van der Waals surface area contributed by atoms with Crippen molar-refractivity contribution >= 4 is 24.1 Å². The third-order valence-electron chi connectivity index (χ3n) is 3.09. The number of likely N-dealkylation sites (N-methyl/N-ethyl adjacent to an activating group) is 1. The Kier molecular flexibility index (Phi) is 5.25. The Hall–Kier alpha value is -1.67. The van der Waals surface area contributed by atoms with Gasteiger partial charge in [-0.05, 0) is 17.9 Å². The number of hydrogen-bond donors (Lipinski definition) is 1. The van der Waals surface area contributed by atoms with Crippen molar-refractivity contribution in [2.75, 3.05) is 20.1 Å². The highest BCUT2D eigenvalue weighted by molar-refractivity contribution is 5.85. The first-order chi connectivity index (χ1) is 8.58. The molecule has 1 aliphatic rings. The molecule has 1 aromatic heterocycles. The van der Waals surface area contributed by atoms with Crippen molar-refractivity contribution in [1.82, 2.24) is 20.0 Å². The average molecular weight is 290 g/mol. The van der Waals surface area contributed by atoms with Crippen molar-refractivity contribution in [3.63, 3.8) is 0 Å². The molecule has 0 radical (unpaired) electrons. The zero-order valence-electron chi connectivity index (χ0n) is 10.5. The first kappa shape index (κ1) is 15.4. The van der Waals surface area contributed by atoms with Gasteiger partial charge in [0.15, 0.2) is 0 Å². The minimum absolute atomic E-state index is 0. The van der Waals surface area contributed by atoms with E-state index in [2.05, 4.69) is 10.4 Å². The fourth-order valence-corrected chi connectivity index (χ4v) is 1.96. The van der Waals surface area contributed by atoms with Gasteiger partial charge < -0.3 is 20.3 Å². The number of amides is 1. The summed E-state index contributed by atoms with van der Waals surface area (Å²) in [4.78, 5) is 23.5.